The van der Waals surface area contributed by atoms with Crippen LogP contribution in [0, 0.1) is 0 Å². The molecule has 1 aromatic heterocycles. The molecule has 26 heavy (non-hydrogen) atoms. The topological polar surface area (TPSA) is 68.3 Å². The maximum Gasteiger partial charge on any atom is 0.338 e. The Bertz CT molecular complexity index is 923. The van der Waals surface area contributed by atoms with Crippen molar-refractivity contribution in [2.24, 2.45) is 0 Å². The molecule has 134 valence electrons. The Labute approximate surface area is 159 Å². The van der Waals surface area contributed by atoms with Crippen LogP contribution in [0.5, 0.6) is 0 Å². The largest absolute Gasteiger partial charge is 0.459 e. The van der Waals surface area contributed by atoms with Crippen molar-refractivity contribution in [2.75, 3.05) is 11.1 Å². The summed E-state index contributed by atoms with van der Waals surface area (Å²) in [6.45, 7) is 3.62. The Balaban J connectivity index is 1.65. The van der Waals surface area contributed by atoms with Gasteiger partial charge in [-0.1, -0.05) is 29.5 Å². The van der Waals surface area contributed by atoms with Crippen LogP contribution >= 0.6 is 23.1 Å². The predicted octanol–water partition coefficient (Wildman–Crippen LogP) is 4.59. The Morgan fingerprint density at radius 2 is 1.96 bits per heavy atom. The fraction of sp³-hybridized carbons (Fsp3) is 0.211. The van der Waals surface area contributed by atoms with Gasteiger partial charge < -0.3 is 10.1 Å². The molecule has 0 fully saturated rings. The summed E-state index contributed by atoms with van der Waals surface area (Å²) in [4.78, 5) is 29.5. The molecule has 5 nitrogen and oxygen atoms in total. The molecule has 1 amide bonds. The molecule has 0 atom stereocenters. The van der Waals surface area contributed by atoms with Gasteiger partial charge in [0.25, 0.3) is 0 Å². The van der Waals surface area contributed by atoms with Crippen molar-refractivity contribution in [1.82, 2.24) is 4.98 Å². The average molecular weight is 386 g/mol. The summed E-state index contributed by atoms with van der Waals surface area (Å²) < 4.78 is 6.03. The molecule has 0 aliphatic heterocycles. The van der Waals surface area contributed by atoms with Crippen LogP contribution in [0.1, 0.15) is 24.2 Å². The third-order valence-corrected chi connectivity index (χ3v) is 5.27. The quantitative estimate of drug-likeness (QED) is 0.496. The SMILES string of the molecule is CC(C)OC(=O)c1ccc2nc(NC(=O)CSc3ccccc3)sc2c1. The van der Waals surface area contributed by atoms with Gasteiger partial charge in [-0.2, -0.15) is 0 Å². The maximum atomic E-state index is 12.1. The summed E-state index contributed by atoms with van der Waals surface area (Å²) in [7, 11) is 0. The van der Waals surface area contributed by atoms with Crippen LogP contribution in [0.15, 0.2) is 53.4 Å². The highest BCUT2D eigenvalue weighted by molar-refractivity contribution is 8.00. The van der Waals surface area contributed by atoms with Gasteiger partial charge in [-0.05, 0) is 44.2 Å². The van der Waals surface area contributed by atoms with Gasteiger partial charge in [-0.25, -0.2) is 9.78 Å². The number of carbonyl (C=O) groups is 2. The number of thiazole rings is 1. The second kappa shape index (κ2) is 8.33. The molecule has 2 aromatic carbocycles. The third-order valence-electron chi connectivity index (χ3n) is 3.33. The van der Waals surface area contributed by atoms with Crippen molar-refractivity contribution in [2.45, 2.75) is 24.8 Å². The molecule has 0 unspecified atom stereocenters. The Kier molecular flexibility index (Phi) is 5.90. The Hall–Kier alpha value is -2.38. The zero-order valence-corrected chi connectivity index (χ0v) is 16.0. The smallest absolute Gasteiger partial charge is 0.338 e. The monoisotopic (exact) mass is 386 g/mol. The van der Waals surface area contributed by atoms with Crippen LogP contribution in [0.4, 0.5) is 5.13 Å². The maximum absolute atomic E-state index is 12.1. The minimum Gasteiger partial charge on any atom is -0.459 e. The van der Waals surface area contributed by atoms with Gasteiger partial charge in [0, 0.05) is 4.90 Å². The number of benzene rings is 2. The lowest BCUT2D eigenvalue weighted by Gasteiger charge is -2.07. The van der Waals surface area contributed by atoms with E-state index in [0.717, 1.165) is 15.1 Å². The van der Waals surface area contributed by atoms with E-state index in [1.54, 1.807) is 18.2 Å². The number of hydrogen-bond donors (Lipinski definition) is 1. The lowest BCUT2D eigenvalue weighted by Crippen LogP contribution is -2.13. The summed E-state index contributed by atoms with van der Waals surface area (Å²) in [6, 6.07) is 14.9. The van der Waals surface area contributed by atoms with Gasteiger partial charge in [-0.15, -0.1) is 11.8 Å². The third kappa shape index (κ3) is 4.83. The molecule has 0 bridgehead atoms. The molecular formula is C19H18N2O3S2. The van der Waals surface area contributed by atoms with E-state index in [-0.39, 0.29) is 18.0 Å². The van der Waals surface area contributed by atoms with Gasteiger partial charge >= 0.3 is 5.97 Å². The van der Waals surface area contributed by atoms with E-state index in [0.29, 0.717) is 16.4 Å². The highest BCUT2D eigenvalue weighted by Crippen LogP contribution is 2.27. The minimum absolute atomic E-state index is 0.114. The van der Waals surface area contributed by atoms with Gasteiger partial charge in [0.05, 0.1) is 27.6 Å². The second-order valence-electron chi connectivity index (χ2n) is 5.81. The highest BCUT2D eigenvalue weighted by Gasteiger charge is 2.13. The summed E-state index contributed by atoms with van der Waals surface area (Å²) in [5.74, 6) is -0.163. The number of fused-ring (bicyclic) bond motifs is 1. The van der Waals surface area contributed by atoms with E-state index in [1.165, 1.54) is 23.1 Å². The first kappa shape index (κ1) is 18.4. The zero-order chi connectivity index (χ0) is 18.5. The van der Waals surface area contributed by atoms with Crippen molar-refractivity contribution >= 4 is 50.3 Å². The van der Waals surface area contributed by atoms with E-state index < -0.39 is 0 Å². The number of rotatable bonds is 6. The molecule has 0 spiro atoms. The second-order valence-corrected chi connectivity index (χ2v) is 7.88. The van der Waals surface area contributed by atoms with Crippen molar-refractivity contribution in [3.05, 3.63) is 54.1 Å². The molecule has 0 radical (unpaired) electrons. The highest BCUT2D eigenvalue weighted by atomic mass is 32.2. The lowest BCUT2D eigenvalue weighted by molar-refractivity contribution is -0.113. The number of hydrogen-bond acceptors (Lipinski definition) is 6. The number of anilines is 1. The zero-order valence-electron chi connectivity index (χ0n) is 14.4. The average Bonchev–Trinajstić information content (AvgIpc) is 3.01. The number of ether oxygens (including phenoxy) is 1. The van der Waals surface area contributed by atoms with Crippen LogP contribution in [-0.4, -0.2) is 28.7 Å². The standard InChI is InChI=1S/C19H18N2O3S2/c1-12(2)24-18(23)13-8-9-15-16(10-13)26-19(20-15)21-17(22)11-25-14-6-4-3-5-7-14/h3-10,12H,11H2,1-2H3,(H,20,21,22). The minimum atomic E-state index is -0.361. The number of amides is 1. The number of carbonyl (C=O) groups excluding carboxylic acids is 2. The van der Waals surface area contributed by atoms with Crippen molar-refractivity contribution < 1.29 is 14.3 Å². The summed E-state index contributed by atoms with van der Waals surface area (Å²) in [6.07, 6.45) is -0.170. The Morgan fingerprint density at radius 1 is 1.19 bits per heavy atom. The van der Waals surface area contributed by atoms with Crippen LogP contribution in [0.3, 0.4) is 0 Å². The number of esters is 1. The fourth-order valence-electron chi connectivity index (χ4n) is 2.21. The number of nitrogens with zero attached hydrogens (tertiary/aromatic N) is 1. The predicted molar refractivity (Wildman–Crippen MR) is 106 cm³/mol. The molecule has 0 aliphatic rings. The van der Waals surface area contributed by atoms with E-state index in [9.17, 15) is 9.59 Å². The Morgan fingerprint density at radius 3 is 2.69 bits per heavy atom. The van der Waals surface area contributed by atoms with Crippen LogP contribution in [0.2, 0.25) is 0 Å². The lowest BCUT2D eigenvalue weighted by atomic mass is 10.2. The number of nitrogens with one attached hydrogen (secondary N) is 1. The van der Waals surface area contributed by atoms with Crippen LogP contribution in [0.25, 0.3) is 10.2 Å². The van der Waals surface area contributed by atoms with Gasteiger partial charge in [0.15, 0.2) is 5.13 Å². The first-order valence-electron chi connectivity index (χ1n) is 8.10. The van der Waals surface area contributed by atoms with Crippen molar-refractivity contribution in [3.63, 3.8) is 0 Å². The van der Waals surface area contributed by atoms with Crippen molar-refractivity contribution in [1.29, 1.82) is 0 Å². The molecule has 3 aromatic rings. The molecule has 1 heterocycles. The van der Waals surface area contributed by atoms with Crippen LogP contribution in [-0.2, 0) is 9.53 Å². The fourth-order valence-corrected chi connectivity index (χ4v) is 3.85. The van der Waals surface area contributed by atoms with Crippen molar-refractivity contribution in [3.8, 4) is 0 Å². The number of aromatic nitrogens is 1. The molecule has 7 heteroatoms. The summed E-state index contributed by atoms with van der Waals surface area (Å²) in [5, 5.41) is 3.34. The van der Waals surface area contributed by atoms with E-state index in [2.05, 4.69) is 10.3 Å². The molecule has 1 N–H and O–H groups in total. The summed E-state index contributed by atoms with van der Waals surface area (Å²) >= 11 is 2.81. The molecular weight excluding hydrogens is 368 g/mol. The molecule has 0 saturated heterocycles. The molecule has 0 saturated carbocycles. The van der Waals surface area contributed by atoms with Gasteiger partial charge in [0.2, 0.25) is 5.91 Å². The van der Waals surface area contributed by atoms with Gasteiger partial charge in [-0.3, -0.25) is 4.79 Å². The van der Waals surface area contributed by atoms with E-state index in [4.69, 9.17) is 4.74 Å². The first-order chi connectivity index (χ1) is 12.5. The first-order valence-corrected chi connectivity index (χ1v) is 9.91. The molecule has 0 aliphatic carbocycles. The molecule has 3 rings (SSSR count). The van der Waals surface area contributed by atoms with E-state index in [1.807, 2.05) is 44.2 Å². The van der Waals surface area contributed by atoms with E-state index >= 15 is 0 Å². The normalized spacial score (nSPS) is 10.9. The van der Waals surface area contributed by atoms with Crippen LogP contribution < -0.4 is 5.32 Å². The number of thioether (sulfide) groups is 1. The summed E-state index contributed by atoms with van der Waals surface area (Å²) in [5.41, 5.74) is 1.22. The van der Waals surface area contributed by atoms with Gasteiger partial charge in [0.1, 0.15) is 0 Å².